The molecule has 1 fully saturated rings. The number of esters is 1. The van der Waals surface area contributed by atoms with Crippen LogP contribution in [0.25, 0.3) is 0 Å². The van der Waals surface area contributed by atoms with Crippen LogP contribution in [0.4, 0.5) is 0 Å². The highest BCUT2D eigenvalue weighted by Crippen LogP contribution is 2.24. The summed E-state index contributed by atoms with van der Waals surface area (Å²) < 4.78 is 5.54. The molecule has 0 aromatic carbocycles. The van der Waals surface area contributed by atoms with E-state index >= 15 is 0 Å². The van der Waals surface area contributed by atoms with E-state index in [-0.39, 0.29) is 18.8 Å². The Kier molecular flexibility index (Phi) is 13.0. The van der Waals surface area contributed by atoms with Crippen LogP contribution in [-0.2, 0) is 23.9 Å². The number of amides is 3. The Balaban J connectivity index is 2.46. The number of fused-ring (bicyclic) bond motifs is 7. The molecular formula is C24H39N3O6S2. The van der Waals surface area contributed by atoms with Gasteiger partial charge in [0.2, 0.25) is 17.7 Å². The van der Waals surface area contributed by atoms with E-state index in [1.807, 2.05) is 26.8 Å². The summed E-state index contributed by atoms with van der Waals surface area (Å²) in [5.41, 5.74) is 0. The molecule has 0 aromatic rings. The van der Waals surface area contributed by atoms with Crippen LogP contribution >= 0.6 is 21.6 Å². The number of unbranched alkanes of at least 4 members (excludes halogenated alkanes) is 1. The number of ether oxygens (including phenoxy) is 1. The first-order chi connectivity index (χ1) is 16.7. The van der Waals surface area contributed by atoms with Crippen molar-refractivity contribution in [3.05, 3.63) is 12.2 Å². The van der Waals surface area contributed by atoms with Gasteiger partial charge in [0, 0.05) is 11.5 Å². The number of aliphatic hydroxyl groups is 1. The first-order valence-electron chi connectivity index (χ1n) is 12.4. The summed E-state index contributed by atoms with van der Waals surface area (Å²) in [6, 6.07) is -2.35. The number of carbonyl (C=O) groups excluding carboxylic acids is 4. The Morgan fingerprint density at radius 3 is 2.57 bits per heavy atom. The summed E-state index contributed by atoms with van der Waals surface area (Å²) in [5, 5.41) is 19.3. The molecule has 1 saturated heterocycles. The highest BCUT2D eigenvalue weighted by Gasteiger charge is 2.34. The van der Waals surface area contributed by atoms with Gasteiger partial charge in [-0.2, -0.15) is 0 Å². The molecule has 11 heteroatoms. The fourth-order valence-electron chi connectivity index (χ4n) is 3.91. The molecular weight excluding hydrogens is 490 g/mol. The van der Waals surface area contributed by atoms with E-state index in [1.54, 1.807) is 16.9 Å². The van der Waals surface area contributed by atoms with Crippen molar-refractivity contribution in [2.75, 3.05) is 11.5 Å². The summed E-state index contributed by atoms with van der Waals surface area (Å²) in [5.74, 6) is -0.959. The normalized spacial score (nSPS) is 30.6. The number of nitrogens with one attached hydrogen (secondary N) is 3. The second-order valence-corrected chi connectivity index (χ2v) is 11.7. The fraction of sp³-hybridized carbons (Fsp3) is 0.750. The van der Waals surface area contributed by atoms with E-state index in [0.29, 0.717) is 25.0 Å². The van der Waals surface area contributed by atoms with Gasteiger partial charge in [0.15, 0.2) is 0 Å². The predicted molar refractivity (Wildman–Crippen MR) is 139 cm³/mol. The second kappa shape index (κ2) is 15.4. The number of hydrogen-bond donors (Lipinski definition) is 4. The monoisotopic (exact) mass is 529 g/mol. The summed E-state index contributed by atoms with van der Waals surface area (Å²) in [7, 11) is 3.06. The van der Waals surface area contributed by atoms with Crippen LogP contribution in [0.2, 0.25) is 0 Å². The molecule has 1 unspecified atom stereocenters. The highest BCUT2D eigenvalue weighted by molar-refractivity contribution is 8.76. The smallest absolute Gasteiger partial charge is 0.309 e. The Morgan fingerprint density at radius 2 is 1.86 bits per heavy atom. The Morgan fingerprint density at radius 1 is 1.09 bits per heavy atom. The molecule has 4 N–H and O–H groups in total. The van der Waals surface area contributed by atoms with Crippen molar-refractivity contribution in [2.45, 2.75) is 96.1 Å². The number of aliphatic hydroxyl groups excluding tert-OH is 1. The van der Waals surface area contributed by atoms with Gasteiger partial charge in [-0.25, -0.2) is 0 Å². The van der Waals surface area contributed by atoms with E-state index in [1.165, 1.54) is 10.8 Å². The first kappa shape index (κ1) is 29.5. The maximum absolute atomic E-state index is 13.3. The molecule has 2 aliphatic rings. The zero-order chi connectivity index (χ0) is 25.8. The summed E-state index contributed by atoms with van der Waals surface area (Å²) in [6.45, 7) is 5.82. The molecule has 0 saturated carbocycles. The lowest BCUT2D eigenvalue weighted by atomic mass is 9.92. The van der Waals surface area contributed by atoms with E-state index in [2.05, 4.69) is 16.0 Å². The van der Waals surface area contributed by atoms with Gasteiger partial charge in [-0.1, -0.05) is 67.7 Å². The average Bonchev–Trinajstić information content (AvgIpc) is 2.81. The number of allylic oxidation sites excluding steroid dienone is 1. The van der Waals surface area contributed by atoms with E-state index in [9.17, 15) is 24.3 Å². The Labute approximate surface area is 215 Å². The molecule has 9 nitrogen and oxygen atoms in total. The van der Waals surface area contributed by atoms with Crippen LogP contribution in [0.3, 0.4) is 0 Å². The molecule has 2 heterocycles. The van der Waals surface area contributed by atoms with E-state index in [4.69, 9.17) is 4.74 Å². The summed E-state index contributed by atoms with van der Waals surface area (Å²) in [6.07, 6.45) is 4.47. The average molecular weight is 530 g/mol. The standard InChI is InChI=1S/C24H39N3O6S2/c1-4-6-10-17-23(31)26-18-14-35-34-11-8-7-9-16(12-20(29)25-17)33-21(30)13-19(28)22(15(3)5-2)27-24(18)32/h7,9,15-19,22,28H,4-6,8,10-14H2,1-3H3,(H,25,29)(H,26,31)(H,27,32)/t15?,16-,17-,18-,19+,22-/m1/s1. The van der Waals surface area contributed by atoms with Crippen molar-refractivity contribution in [1.29, 1.82) is 0 Å². The lowest BCUT2D eigenvalue weighted by Crippen LogP contribution is -2.58. The molecule has 0 aromatic heterocycles. The first-order valence-corrected chi connectivity index (χ1v) is 14.9. The third-order valence-electron chi connectivity index (χ3n) is 6.19. The van der Waals surface area contributed by atoms with Crippen LogP contribution in [0, 0.1) is 5.92 Å². The molecule has 0 radical (unpaired) electrons. The van der Waals surface area contributed by atoms with E-state index < -0.39 is 54.0 Å². The van der Waals surface area contributed by atoms with Crippen molar-refractivity contribution in [3.63, 3.8) is 0 Å². The third-order valence-corrected chi connectivity index (χ3v) is 8.64. The van der Waals surface area contributed by atoms with Gasteiger partial charge in [-0.15, -0.1) is 0 Å². The van der Waals surface area contributed by atoms with Gasteiger partial charge in [-0.05, 0) is 24.8 Å². The number of rotatable bonds is 5. The lowest BCUT2D eigenvalue weighted by Gasteiger charge is -2.31. The van der Waals surface area contributed by atoms with Gasteiger partial charge < -0.3 is 25.8 Å². The summed E-state index contributed by atoms with van der Waals surface area (Å²) >= 11 is 0. The fourth-order valence-corrected chi connectivity index (χ4v) is 6.06. The molecule has 2 bridgehead atoms. The van der Waals surface area contributed by atoms with Crippen molar-refractivity contribution >= 4 is 45.3 Å². The number of carbonyl (C=O) groups is 4. The predicted octanol–water partition coefficient (Wildman–Crippen LogP) is 2.08. The van der Waals surface area contributed by atoms with Gasteiger partial charge in [0.1, 0.15) is 18.2 Å². The topological polar surface area (TPSA) is 134 Å². The number of hydrogen-bond acceptors (Lipinski definition) is 8. The van der Waals surface area contributed by atoms with Crippen LogP contribution in [0.1, 0.15) is 65.7 Å². The van der Waals surface area contributed by atoms with Crippen molar-refractivity contribution < 1.29 is 29.0 Å². The van der Waals surface area contributed by atoms with Gasteiger partial charge in [-0.3, -0.25) is 19.2 Å². The Hall–Kier alpha value is -1.72. The van der Waals surface area contributed by atoms with Crippen molar-refractivity contribution in [2.24, 2.45) is 5.92 Å². The summed E-state index contributed by atoms with van der Waals surface area (Å²) in [4.78, 5) is 51.9. The molecule has 3 amide bonds. The maximum Gasteiger partial charge on any atom is 0.309 e. The van der Waals surface area contributed by atoms with Crippen LogP contribution in [0.5, 0.6) is 0 Å². The highest BCUT2D eigenvalue weighted by atomic mass is 33.1. The Bertz CT molecular complexity index is 766. The van der Waals surface area contributed by atoms with Gasteiger partial charge in [0.05, 0.1) is 25.0 Å². The molecule has 2 rings (SSSR count). The zero-order valence-electron chi connectivity index (χ0n) is 20.8. The van der Waals surface area contributed by atoms with Crippen molar-refractivity contribution in [1.82, 2.24) is 16.0 Å². The SMILES string of the molecule is CCCC[C@H]1NC(=O)C[C@H]2C=CCCSSC[C@@H](NC1=O)C(=O)N[C@H](C(C)CC)[C@@H](O)CC(=O)O2. The molecule has 0 spiro atoms. The molecule has 35 heavy (non-hydrogen) atoms. The van der Waals surface area contributed by atoms with E-state index in [0.717, 1.165) is 18.6 Å². The van der Waals surface area contributed by atoms with Crippen LogP contribution in [-0.4, -0.2) is 70.6 Å². The third kappa shape index (κ3) is 10.0. The largest absolute Gasteiger partial charge is 0.457 e. The minimum atomic E-state index is -1.17. The van der Waals surface area contributed by atoms with Gasteiger partial charge in [0.25, 0.3) is 0 Å². The lowest BCUT2D eigenvalue weighted by molar-refractivity contribution is -0.151. The second-order valence-electron chi connectivity index (χ2n) is 9.07. The minimum Gasteiger partial charge on any atom is -0.457 e. The maximum atomic E-state index is 13.3. The van der Waals surface area contributed by atoms with Crippen molar-refractivity contribution in [3.8, 4) is 0 Å². The van der Waals surface area contributed by atoms with Crippen LogP contribution < -0.4 is 16.0 Å². The molecule has 6 atom stereocenters. The quantitative estimate of drug-likeness (QED) is 0.242. The molecule has 0 aliphatic carbocycles. The molecule has 2 aliphatic heterocycles. The zero-order valence-corrected chi connectivity index (χ0v) is 22.4. The minimum absolute atomic E-state index is 0.120. The van der Waals surface area contributed by atoms with Crippen LogP contribution in [0.15, 0.2) is 12.2 Å². The molecule has 198 valence electrons. The van der Waals surface area contributed by atoms with Gasteiger partial charge >= 0.3 is 5.97 Å².